The molecule has 13 heteroatoms. The number of fused-ring (bicyclic) bond motifs is 2. The van der Waals surface area contributed by atoms with Crippen LogP contribution in [0.15, 0.2) is 49.1 Å². The molecule has 4 heterocycles. The molecule has 3 fully saturated rings. The van der Waals surface area contributed by atoms with Crippen molar-refractivity contribution >= 4 is 51.5 Å². The number of thioether (sulfide) groups is 1. The maximum Gasteiger partial charge on any atom is 0.318 e. The van der Waals surface area contributed by atoms with Crippen LogP contribution < -0.4 is 14.5 Å². The average Bonchev–Trinajstić information content (AvgIpc) is 3.64. The summed E-state index contributed by atoms with van der Waals surface area (Å²) in [6.45, 7) is 8.77. The molecule has 1 aromatic heterocycles. The van der Waals surface area contributed by atoms with Gasteiger partial charge in [-0.05, 0) is 50.4 Å². The van der Waals surface area contributed by atoms with Crippen LogP contribution in [0, 0.1) is 11.3 Å². The van der Waals surface area contributed by atoms with Gasteiger partial charge in [-0.1, -0.05) is 42.4 Å². The summed E-state index contributed by atoms with van der Waals surface area (Å²) in [7, 11) is 1.94. The average molecular weight is 708 g/mol. The molecule has 0 N–H and O–H groups in total. The molecule has 3 aromatic rings. The van der Waals surface area contributed by atoms with E-state index >= 15 is 0 Å². The Hall–Kier alpha value is -3.66. The van der Waals surface area contributed by atoms with E-state index in [1.165, 1.54) is 6.08 Å². The van der Waals surface area contributed by atoms with Crippen LogP contribution >= 0.6 is 23.4 Å². The fourth-order valence-electron chi connectivity index (χ4n) is 7.72. The van der Waals surface area contributed by atoms with Gasteiger partial charge < -0.3 is 19.4 Å². The summed E-state index contributed by atoms with van der Waals surface area (Å²) in [4.78, 5) is 30.5. The molecule has 7 rings (SSSR count). The van der Waals surface area contributed by atoms with E-state index in [9.17, 15) is 18.8 Å². The normalized spacial score (nSPS) is 26.1. The first-order valence-corrected chi connectivity index (χ1v) is 18.1. The van der Waals surface area contributed by atoms with Crippen LogP contribution in [0.25, 0.3) is 10.8 Å². The zero-order valence-electron chi connectivity index (χ0n) is 27.7. The van der Waals surface area contributed by atoms with E-state index in [2.05, 4.69) is 52.5 Å². The van der Waals surface area contributed by atoms with Gasteiger partial charge in [0.05, 0.1) is 45.9 Å². The standard InChI is InChI=1S/C36H40ClF2N7O2S/c1-4-31(47)46-18-17-45(20-25(46)12-15-40)33-26-13-16-44(29-10-6-8-23-7-5-9-27(37)32(23)29)21-28(26)41-34(42-33)48-22-30-35(2,49-30)43(3)24-11-14-36(38,39)19-24/h4-10,24-25,30H,1,11-14,16-22H2,2-3H3/t24?,25-,30?,35-/m0/s1. The second-order valence-electron chi connectivity index (χ2n) is 13.6. The van der Waals surface area contributed by atoms with Crippen molar-refractivity contribution in [2.45, 2.75) is 73.7 Å². The molecule has 2 saturated heterocycles. The number of rotatable bonds is 9. The fraction of sp³-hybridized carbons (Fsp3) is 0.500. The molecule has 1 aliphatic carbocycles. The number of nitriles is 1. The third-order valence-electron chi connectivity index (χ3n) is 10.7. The number of anilines is 2. The van der Waals surface area contributed by atoms with Crippen LogP contribution in [0.5, 0.6) is 6.01 Å². The van der Waals surface area contributed by atoms with Gasteiger partial charge in [0.2, 0.25) is 11.8 Å². The molecule has 49 heavy (non-hydrogen) atoms. The van der Waals surface area contributed by atoms with Gasteiger partial charge in [0.25, 0.3) is 0 Å². The molecular formula is C36H40ClF2N7O2S. The maximum absolute atomic E-state index is 14.0. The molecule has 2 unspecified atom stereocenters. The van der Waals surface area contributed by atoms with Gasteiger partial charge in [0, 0.05) is 61.7 Å². The number of piperazine rings is 1. The lowest BCUT2D eigenvalue weighted by Crippen LogP contribution is -2.55. The first-order chi connectivity index (χ1) is 23.5. The number of ether oxygens (including phenoxy) is 1. The highest BCUT2D eigenvalue weighted by Gasteiger charge is 2.58. The second-order valence-corrected chi connectivity index (χ2v) is 15.6. The topological polar surface area (TPSA) is 88.8 Å². The summed E-state index contributed by atoms with van der Waals surface area (Å²) in [6.07, 6.45) is 2.49. The monoisotopic (exact) mass is 707 g/mol. The van der Waals surface area contributed by atoms with Crippen LogP contribution in [0.3, 0.4) is 0 Å². The highest BCUT2D eigenvalue weighted by atomic mass is 35.5. The lowest BCUT2D eigenvalue weighted by molar-refractivity contribution is -0.128. The molecule has 258 valence electrons. The summed E-state index contributed by atoms with van der Waals surface area (Å²) in [5.41, 5.74) is 2.92. The van der Waals surface area contributed by atoms with Gasteiger partial charge in [-0.2, -0.15) is 15.2 Å². The Balaban J connectivity index is 1.17. The Morgan fingerprint density at radius 3 is 2.76 bits per heavy atom. The van der Waals surface area contributed by atoms with Crippen molar-refractivity contribution < 1.29 is 18.3 Å². The number of halogens is 3. The fourth-order valence-corrected chi connectivity index (χ4v) is 9.19. The van der Waals surface area contributed by atoms with Crippen molar-refractivity contribution in [3.8, 4) is 12.1 Å². The molecule has 4 atom stereocenters. The summed E-state index contributed by atoms with van der Waals surface area (Å²) < 4.78 is 34.4. The van der Waals surface area contributed by atoms with E-state index in [0.717, 1.165) is 40.1 Å². The summed E-state index contributed by atoms with van der Waals surface area (Å²) in [6, 6.07) is 14.1. The van der Waals surface area contributed by atoms with Gasteiger partial charge in [0.1, 0.15) is 12.4 Å². The van der Waals surface area contributed by atoms with Crippen molar-refractivity contribution in [3.63, 3.8) is 0 Å². The minimum absolute atomic E-state index is 0.0666. The zero-order valence-corrected chi connectivity index (χ0v) is 29.3. The SMILES string of the molecule is C=CC(=O)N1CCN(c2nc(OCC3S[C@]3(C)N(C)C3CCC(F)(F)C3)nc3c2CCN(c2cccc4cccc(Cl)c24)C3)C[C@@H]1CC#N. The molecule has 1 amide bonds. The molecule has 9 nitrogen and oxygen atoms in total. The minimum atomic E-state index is -2.60. The van der Waals surface area contributed by atoms with E-state index < -0.39 is 5.92 Å². The number of carbonyl (C=O) groups is 1. The number of nitrogens with zero attached hydrogens (tertiary/aromatic N) is 7. The van der Waals surface area contributed by atoms with E-state index in [1.807, 2.05) is 25.2 Å². The predicted molar refractivity (Wildman–Crippen MR) is 190 cm³/mol. The van der Waals surface area contributed by atoms with Gasteiger partial charge in [-0.25, -0.2) is 8.78 Å². The largest absolute Gasteiger partial charge is 0.462 e. The molecular weight excluding hydrogens is 668 g/mol. The van der Waals surface area contributed by atoms with Crippen LogP contribution in [0.2, 0.25) is 5.02 Å². The molecule has 0 radical (unpaired) electrons. The quantitative estimate of drug-likeness (QED) is 0.188. The van der Waals surface area contributed by atoms with Gasteiger partial charge in [-0.15, -0.1) is 11.8 Å². The Morgan fingerprint density at radius 1 is 1.22 bits per heavy atom. The molecule has 3 aliphatic heterocycles. The molecule has 4 aliphatic rings. The van der Waals surface area contributed by atoms with E-state index in [-0.39, 0.29) is 53.4 Å². The maximum atomic E-state index is 14.0. The van der Waals surface area contributed by atoms with Crippen LogP contribution in [-0.4, -0.2) is 93.6 Å². The highest BCUT2D eigenvalue weighted by molar-refractivity contribution is 8.08. The Kier molecular flexibility index (Phi) is 9.13. The second kappa shape index (κ2) is 13.2. The van der Waals surface area contributed by atoms with Gasteiger partial charge in [0.15, 0.2) is 0 Å². The predicted octanol–water partition coefficient (Wildman–Crippen LogP) is 6.29. The van der Waals surface area contributed by atoms with Crippen molar-refractivity contribution in [2.24, 2.45) is 0 Å². The smallest absolute Gasteiger partial charge is 0.318 e. The summed E-state index contributed by atoms with van der Waals surface area (Å²) in [5, 5.41) is 12.4. The Morgan fingerprint density at radius 2 is 2.02 bits per heavy atom. The number of benzene rings is 2. The lowest BCUT2D eigenvalue weighted by Gasteiger charge is -2.42. The van der Waals surface area contributed by atoms with Crippen molar-refractivity contribution in [1.29, 1.82) is 5.26 Å². The zero-order chi connectivity index (χ0) is 34.5. The number of hydrogen-bond acceptors (Lipinski definition) is 9. The molecule has 1 saturated carbocycles. The van der Waals surface area contributed by atoms with E-state index in [0.29, 0.717) is 50.7 Å². The Bertz CT molecular complexity index is 1820. The number of hydrogen-bond donors (Lipinski definition) is 0. The van der Waals surface area contributed by atoms with Crippen LogP contribution in [0.4, 0.5) is 20.3 Å². The lowest BCUT2D eigenvalue weighted by atomic mass is 10.0. The van der Waals surface area contributed by atoms with Crippen molar-refractivity contribution in [2.75, 3.05) is 49.6 Å². The van der Waals surface area contributed by atoms with Crippen molar-refractivity contribution in [1.82, 2.24) is 19.8 Å². The number of amides is 1. The molecule has 0 bridgehead atoms. The van der Waals surface area contributed by atoms with Gasteiger partial charge in [-0.3, -0.25) is 9.69 Å². The Labute approximate surface area is 294 Å². The first kappa shape index (κ1) is 33.8. The van der Waals surface area contributed by atoms with Gasteiger partial charge >= 0.3 is 6.01 Å². The van der Waals surface area contributed by atoms with Crippen LogP contribution in [0.1, 0.15) is 43.9 Å². The van der Waals surface area contributed by atoms with E-state index in [4.69, 9.17) is 26.3 Å². The third-order valence-corrected chi connectivity index (χ3v) is 12.7. The number of aromatic nitrogens is 2. The number of alkyl halides is 2. The third kappa shape index (κ3) is 6.53. The van der Waals surface area contributed by atoms with Crippen molar-refractivity contribution in [3.05, 3.63) is 65.3 Å². The van der Waals surface area contributed by atoms with Crippen LogP contribution in [-0.2, 0) is 17.8 Å². The summed E-state index contributed by atoms with van der Waals surface area (Å²) >= 11 is 8.43. The molecule has 2 aromatic carbocycles. The minimum Gasteiger partial charge on any atom is -0.462 e. The summed E-state index contributed by atoms with van der Waals surface area (Å²) in [5.74, 6) is -2.02. The highest BCUT2D eigenvalue weighted by Crippen LogP contribution is 2.57. The molecule has 0 spiro atoms. The first-order valence-electron chi connectivity index (χ1n) is 16.8. The van der Waals surface area contributed by atoms with E-state index in [1.54, 1.807) is 16.7 Å². The number of carbonyl (C=O) groups excluding carboxylic acids is 1.